The molecule has 7 rings (SSSR count). The second-order valence-corrected chi connectivity index (χ2v) is 11.6. The molecule has 0 amide bonds. The first-order chi connectivity index (χ1) is 22.6. The van der Waals surface area contributed by atoms with Crippen LogP contribution in [0.15, 0.2) is 194 Å². The zero-order valence-electron chi connectivity index (χ0n) is 25.4. The molecular weight excluding hydrogens is 560 g/mol. The van der Waals surface area contributed by atoms with E-state index in [1.54, 1.807) is 24.3 Å². The molecule has 0 aliphatic rings. The minimum Gasteiger partial charge on any atom is -0.508 e. The van der Waals surface area contributed by atoms with Crippen LogP contribution in [0.5, 0.6) is 11.5 Å². The lowest BCUT2D eigenvalue weighted by Gasteiger charge is -2.39. The van der Waals surface area contributed by atoms with Crippen LogP contribution in [0.3, 0.4) is 0 Å². The third-order valence-corrected chi connectivity index (χ3v) is 9.18. The molecular formula is C44H34O2. The average molecular weight is 595 g/mol. The van der Waals surface area contributed by atoms with Crippen LogP contribution in [-0.4, -0.2) is 10.2 Å². The maximum absolute atomic E-state index is 10.3. The zero-order chi connectivity index (χ0) is 31.4. The Kier molecular flexibility index (Phi) is 7.70. The zero-order valence-corrected chi connectivity index (χ0v) is 25.4. The first-order valence-electron chi connectivity index (χ1n) is 15.6. The minimum atomic E-state index is -0.643. The lowest BCUT2D eigenvalue weighted by molar-refractivity contribution is 0.474. The van der Waals surface area contributed by atoms with Gasteiger partial charge in [-0.3, -0.25) is 0 Å². The van der Waals surface area contributed by atoms with Crippen molar-refractivity contribution < 1.29 is 10.2 Å². The van der Waals surface area contributed by atoms with Gasteiger partial charge in [-0.15, -0.1) is 0 Å². The fourth-order valence-electron chi connectivity index (χ4n) is 7.15. The molecule has 2 heteroatoms. The first-order valence-corrected chi connectivity index (χ1v) is 15.6. The first kappa shape index (κ1) is 28.9. The number of benzene rings is 7. The fraction of sp³-hybridized carbons (Fsp3) is 0.0455. The van der Waals surface area contributed by atoms with Crippen molar-refractivity contribution in [3.8, 4) is 11.5 Å². The molecule has 0 bridgehead atoms. The highest BCUT2D eigenvalue weighted by molar-refractivity contribution is 5.64. The molecule has 2 nitrogen and oxygen atoms in total. The molecule has 222 valence electrons. The van der Waals surface area contributed by atoms with E-state index >= 15 is 0 Å². The predicted molar refractivity (Wildman–Crippen MR) is 186 cm³/mol. The van der Waals surface area contributed by atoms with Gasteiger partial charge >= 0.3 is 0 Å². The lowest BCUT2D eigenvalue weighted by Crippen LogP contribution is -2.33. The van der Waals surface area contributed by atoms with Crippen molar-refractivity contribution in [2.75, 3.05) is 0 Å². The number of rotatable bonds is 8. The summed E-state index contributed by atoms with van der Waals surface area (Å²) in [6.07, 6.45) is 0. The highest BCUT2D eigenvalue weighted by atomic mass is 16.3. The Bertz CT molecular complexity index is 1770. The molecule has 0 heterocycles. The average Bonchev–Trinajstić information content (AvgIpc) is 3.13. The molecule has 0 unspecified atom stereocenters. The van der Waals surface area contributed by atoms with Crippen molar-refractivity contribution in [2.45, 2.75) is 10.8 Å². The van der Waals surface area contributed by atoms with Crippen molar-refractivity contribution in [3.63, 3.8) is 0 Å². The molecule has 0 saturated carbocycles. The molecule has 0 aliphatic carbocycles. The van der Waals surface area contributed by atoms with Crippen LogP contribution in [0.1, 0.15) is 44.5 Å². The van der Waals surface area contributed by atoms with Crippen LogP contribution in [0, 0.1) is 0 Å². The topological polar surface area (TPSA) is 40.5 Å². The molecule has 0 atom stereocenters. The number of hydrogen-bond donors (Lipinski definition) is 2. The molecule has 7 aromatic carbocycles. The van der Waals surface area contributed by atoms with E-state index in [-0.39, 0.29) is 11.5 Å². The Balaban J connectivity index is 1.53. The normalized spacial score (nSPS) is 11.7. The van der Waals surface area contributed by atoms with Gasteiger partial charge in [0.25, 0.3) is 0 Å². The summed E-state index contributed by atoms with van der Waals surface area (Å²) in [6, 6.07) is 66.5. The van der Waals surface area contributed by atoms with Gasteiger partial charge in [-0.2, -0.15) is 0 Å². The van der Waals surface area contributed by atoms with E-state index < -0.39 is 10.8 Å². The van der Waals surface area contributed by atoms with Crippen molar-refractivity contribution in [2.24, 2.45) is 0 Å². The van der Waals surface area contributed by atoms with Crippen molar-refractivity contribution in [1.82, 2.24) is 0 Å². The Morgan fingerprint density at radius 2 is 0.391 bits per heavy atom. The van der Waals surface area contributed by atoms with Crippen molar-refractivity contribution in [1.29, 1.82) is 0 Å². The molecule has 0 radical (unpaired) electrons. The Morgan fingerprint density at radius 1 is 0.217 bits per heavy atom. The summed E-state index contributed by atoms with van der Waals surface area (Å²) in [5.74, 6) is 0.469. The highest BCUT2D eigenvalue weighted by Gasteiger charge is 2.41. The van der Waals surface area contributed by atoms with Gasteiger partial charge < -0.3 is 10.2 Å². The minimum absolute atomic E-state index is 0.235. The number of hydrogen-bond acceptors (Lipinski definition) is 2. The predicted octanol–water partition coefficient (Wildman–Crippen LogP) is 9.86. The van der Waals surface area contributed by atoms with Gasteiger partial charge in [0.1, 0.15) is 11.5 Å². The third-order valence-electron chi connectivity index (χ3n) is 9.18. The van der Waals surface area contributed by atoms with Gasteiger partial charge in [0.15, 0.2) is 0 Å². The second kappa shape index (κ2) is 12.3. The van der Waals surface area contributed by atoms with Crippen LogP contribution in [0.4, 0.5) is 0 Å². The Labute approximate surface area is 270 Å². The molecule has 0 saturated heterocycles. The molecule has 0 spiro atoms. The summed E-state index contributed by atoms with van der Waals surface area (Å²) in [4.78, 5) is 0. The van der Waals surface area contributed by atoms with E-state index in [0.29, 0.717) is 0 Å². The van der Waals surface area contributed by atoms with E-state index in [1.807, 2.05) is 48.5 Å². The van der Waals surface area contributed by atoms with Gasteiger partial charge in [0.05, 0.1) is 10.8 Å². The van der Waals surface area contributed by atoms with E-state index in [0.717, 1.165) is 44.5 Å². The van der Waals surface area contributed by atoms with E-state index in [4.69, 9.17) is 0 Å². The van der Waals surface area contributed by atoms with Gasteiger partial charge in [-0.05, 0) is 68.8 Å². The summed E-state index contributed by atoms with van der Waals surface area (Å²) >= 11 is 0. The van der Waals surface area contributed by atoms with Crippen LogP contribution < -0.4 is 0 Å². The van der Waals surface area contributed by atoms with Gasteiger partial charge in [0, 0.05) is 0 Å². The van der Waals surface area contributed by atoms with E-state index in [1.165, 1.54) is 0 Å². The van der Waals surface area contributed by atoms with Crippen molar-refractivity contribution >= 4 is 0 Å². The molecule has 0 aliphatic heterocycles. The molecule has 0 fully saturated rings. The van der Waals surface area contributed by atoms with Crippen molar-refractivity contribution in [3.05, 3.63) is 239 Å². The van der Waals surface area contributed by atoms with Crippen LogP contribution >= 0.6 is 0 Å². The van der Waals surface area contributed by atoms with E-state index in [2.05, 4.69) is 121 Å². The Hall–Kier alpha value is -5.86. The van der Waals surface area contributed by atoms with Crippen LogP contribution in [-0.2, 0) is 10.8 Å². The Morgan fingerprint density at radius 3 is 0.609 bits per heavy atom. The monoisotopic (exact) mass is 594 g/mol. The highest BCUT2D eigenvalue weighted by Crippen LogP contribution is 2.49. The van der Waals surface area contributed by atoms with Crippen LogP contribution in [0.25, 0.3) is 0 Å². The summed E-state index contributed by atoms with van der Waals surface area (Å²) < 4.78 is 0. The SMILES string of the molecule is Oc1ccc(C(c2ccccc2)(c2ccccc2)c2ccc(C(c3ccccc3)(c3ccccc3)c3ccc(O)cc3)cc2)cc1. The summed E-state index contributed by atoms with van der Waals surface area (Å²) in [6.45, 7) is 0. The molecule has 7 aromatic rings. The van der Waals surface area contributed by atoms with Gasteiger partial charge in [-0.1, -0.05) is 170 Å². The third kappa shape index (κ3) is 4.85. The molecule has 46 heavy (non-hydrogen) atoms. The molecule has 0 aromatic heterocycles. The summed E-state index contributed by atoms with van der Waals surface area (Å²) in [7, 11) is 0. The van der Waals surface area contributed by atoms with E-state index in [9.17, 15) is 10.2 Å². The maximum atomic E-state index is 10.3. The van der Waals surface area contributed by atoms with Gasteiger partial charge in [0.2, 0.25) is 0 Å². The fourth-order valence-corrected chi connectivity index (χ4v) is 7.15. The number of phenolic OH excluding ortho intramolecular Hbond substituents is 2. The van der Waals surface area contributed by atoms with Crippen LogP contribution in [0.2, 0.25) is 0 Å². The second-order valence-electron chi connectivity index (χ2n) is 11.6. The largest absolute Gasteiger partial charge is 0.508 e. The number of phenols is 2. The molecule has 2 N–H and O–H groups in total. The lowest BCUT2D eigenvalue weighted by atomic mass is 9.63. The number of aromatic hydroxyl groups is 2. The smallest absolute Gasteiger partial charge is 0.115 e. The summed E-state index contributed by atoms with van der Waals surface area (Å²) in [5, 5.41) is 20.6. The quantitative estimate of drug-likeness (QED) is 0.172. The maximum Gasteiger partial charge on any atom is 0.115 e. The van der Waals surface area contributed by atoms with Gasteiger partial charge in [-0.25, -0.2) is 0 Å². The standard InChI is InChI=1S/C44H34O2/c45-41-29-25-39(26-30-41)43(33-13-5-1-6-14-33,34-15-7-2-8-16-34)37-21-23-38(24-22-37)44(35-17-9-3-10-18-35,36-19-11-4-12-20-36)40-27-31-42(46)32-28-40/h1-32,45-46H. The summed E-state index contributed by atoms with van der Waals surface area (Å²) in [5.41, 5.74) is 7.60.